The monoisotopic (exact) mass is 283 g/mol. The number of aryl methyl sites for hydroxylation is 1. The van der Waals surface area contributed by atoms with E-state index < -0.39 is 0 Å². The van der Waals surface area contributed by atoms with Gasteiger partial charge in [0.1, 0.15) is 11.5 Å². The molecule has 2 N–H and O–H groups in total. The van der Waals surface area contributed by atoms with Crippen LogP contribution in [0.1, 0.15) is 22.6 Å². The predicted molar refractivity (Wildman–Crippen MR) is 80.1 cm³/mol. The molecule has 0 saturated heterocycles. The van der Waals surface area contributed by atoms with Gasteiger partial charge in [-0.2, -0.15) is 0 Å². The molecule has 1 aromatic carbocycles. The van der Waals surface area contributed by atoms with Crippen molar-refractivity contribution in [3.63, 3.8) is 0 Å². The lowest BCUT2D eigenvalue weighted by Crippen LogP contribution is -2.23. The summed E-state index contributed by atoms with van der Waals surface area (Å²) >= 11 is 1.73. The lowest BCUT2D eigenvalue weighted by atomic mass is 10.1. The van der Waals surface area contributed by atoms with Crippen LogP contribution >= 0.6 is 11.3 Å². The molecule has 3 aromatic rings. The summed E-state index contributed by atoms with van der Waals surface area (Å²) in [6.07, 6.45) is 1.81. The van der Waals surface area contributed by atoms with Crippen molar-refractivity contribution >= 4 is 27.3 Å². The van der Waals surface area contributed by atoms with Crippen LogP contribution in [0.15, 0.2) is 29.6 Å². The zero-order valence-corrected chi connectivity index (χ0v) is 11.6. The molecule has 20 heavy (non-hydrogen) atoms. The minimum atomic E-state index is -0.0726. The number of carbonyl (C=O) groups excluding carboxylic acids is 1. The van der Waals surface area contributed by atoms with Crippen LogP contribution in [-0.4, -0.2) is 22.4 Å². The van der Waals surface area contributed by atoms with Gasteiger partial charge in [0, 0.05) is 22.5 Å². The summed E-state index contributed by atoms with van der Waals surface area (Å²) in [5, 5.41) is 6.17. The van der Waals surface area contributed by atoms with Crippen molar-refractivity contribution < 1.29 is 4.79 Å². The molecular formula is C15H13N3OS. The predicted octanol–water partition coefficient (Wildman–Crippen LogP) is 2.97. The molecule has 1 amide bonds. The smallest absolute Gasteiger partial charge is 0.271 e. The van der Waals surface area contributed by atoms with Crippen LogP contribution in [-0.2, 0) is 6.42 Å². The number of fused-ring (bicyclic) bond motifs is 2. The zero-order chi connectivity index (χ0) is 13.5. The molecule has 0 fully saturated rings. The third-order valence-corrected chi connectivity index (χ3v) is 4.51. The number of thiophene rings is 1. The van der Waals surface area contributed by atoms with E-state index >= 15 is 0 Å². The van der Waals surface area contributed by atoms with Crippen molar-refractivity contribution in [1.29, 1.82) is 0 Å². The summed E-state index contributed by atoms with van der Waals surface area (Å²) in [6, 6.07) is 8.37. The van der Waals surface area contributed by atoms with Gasteiger partial charge in [0.15, 0.2) is 0 Å². The molecule has 1 aliphatic rings. The van der Waals surface area contributed by atoms with Gasteiger partial charge in [0.25, 0.3) is 5.91 Å². The fraction of sp³-hybridized carbons (Fsp3) is 0.200. The number of carbonyl (C=O) groups is 1. The highest BCUT2D eigenvalue weighted by Crippen LogP contribution is 2.27. The van der Waals surface area contributed by atoms with E-state index in [1.807, 2.05) is 0 Å². The van der Waals surface area contributed by atoms with Gasteiger partial charge in [-0.25, -0.2) is 4.98 Å². The first kappa shape index (κ1) is 11.7. The largest absolute Gasteiger partial charge is 0.351 e. The summed E-state index contributed by atoms with van der Waals surface area (Å²) in [7, 11) is 0. The normalized spacial score (nSPS) is 14.9. The maximum atomic E-state index is 11.9. The summed E-state index contributed by atoms with van der Waals surface area (Å²) < 4.78 is 1.26. The first-order valence-electron chi connectivity index (χ1n) is 6.66. The third kappa shape index (κ3) is 1.82. The van der Waals surface area contributed by atoms with Crippen molar-refractivity contribution in [3.8, 4) is 11.4 Å². The highest BCUT2D eigenvalue weighted by molar-refractivity contribution is 7.17. The molecule has 2 aromatic heterocycles. The number of benzene rings is 1. The standard InChI is InChI=1S/C15H13N3OS/c19-15-13-11(2-1-6-16-15)17-14(18-13)10-3-4-12-9(8-10)5-7-20-12/h3-5,7-8H,1-2,6H2,(H,16,19)(H,17,18). The molecule has 0 unspecified atom stereocenters. The molecule has 5 heteroatoms. The number of imidazole rings is 1. The number of hydrogen-bond donors (Lipinski definition) is 2. The number of rotatable bonds is 1. The number of H-pyrrole nitrogens is 1. The molecule has 100 valence electrons. The van der Waals surface area contributed by atoms with Crippen LogP contribution in [0.25, 0.3) is 21.5 Å². The third-order valence-electron chi connectivity index (χ3n) is 3.61. The molecule has 0 aliphatic carbocycles. The van der Waals surface area contributed by atoms with Gasteiger partial charge < -0.3 is 10.3 Å². The minimum Gasteiger partial charge on any atom is -0.351 e. The first-order chi connectivity index (χ1) is 9.81. The second kappa shape index (κ2) is 4.45. The van der Waals surface area contributed by atoms with E-state index in [1.54, 1.807) is 11.3 Å². The molecule has 3 heterocycles. The summed E-state index contributed by atoms with van der Waals surface area (Å²) in [6.45, 7) is 0.721. The molecule has 4 rings (SSSR count). The quantitative estimate of drug-likeness (QED) is 0.721. The minimum absolute atomic E-state index is 0.0726. The maximum absolute atomic E-state index is 11.9. The number of hydrogen-bond acceptors (Lipinski definition) is 3. The second-order valence-electron chi connectivity index (χ2n) is 4.95. The molecule has 0 bridgehead atoms. The Morgan fingerprint density at radius 1 is 1.25 bits per heavy atom. The van der Waals surface area contributed by atoms with Gasteiger partial charge in [-0.05, 0) is 47.9 Å². The Hall–Kier alpha value is -2.14. The van der Waals surface area contributed by atoms with Gasteiger partial charge >= 0.3 is 0 Å². The van der Waals surface area contributed by atoms with E-state index in [1.165, 1.54) is 10.1 Å². The van der Waals surface area contributed by atoms with Crippen molar-refractivity contribution in [1.82, 2.24) is 15.3 Å². The van der Waals surface area contributed by atoms with Gasteiger partial charge in [0.2, 0.25) is 0 Å². The Kier molecular flexibility index (Phi) is 2.60. The Bertz CT molecular complexity index is 802. The lowest BCUT2D eigenvalue weighted by Gasteiger charge is -1.99. The molecule has 4 nitrogen and oxygen atoms in total. The molecule has 1 aliphatic heterocycles. The Balaban J connectivity index is 1.82. The van der Waals surface area contributed by atoms with Crippen LogP contribution in [0.3, 0.4) is 0 Å². The van der Waals surface area contributed by atoms with Crippen molar-refractivity contribution in [2.45, 2.75) is 12.8 Å². The van der Waals surface area contributed by atoms with Crippen molar-refractivity contribution in [3.05, 3.63) is 41.0 Å². The van der Waals surface area contributed by atoms with E-state index in [0.717, 1.165) is 36.5 Å². The SMILES string of the molecule is O=C1NCCCc2[nH]c(-c3ccc4sccc4c3)nc21. The Morgan fingerprint density at radius 2 is 2.20 bits per heavy atom. The number of amides is 1. The van der Waals surface area contributed by atoms with Gasteiger partial charge in [-0.3, -0.25) is 4.79 Å². The van der Waals surface area contributed by atoms with Gasteiger partial charge in [-0.1, -0.05) is 0 Å². The van der Waals surface area contributed by atoms with E-state index in [4.69, 9.17) is 0 Å². The number of aromatic amines is 1. The maximum Gasteiger partial charge on any atom is 0.271 e. The molecule has 0 atom stereocenters. The summed E-state index contributed by atoms with van der Waals surface area (Å²) in [5.41, 5.74) is 2.51. The highest BCUT2D eigenvalue weighted by atomic mass is 32.1. The molecular weight excluding hydrogens is 270 g/mol. The second-order valence-corrected chi connectivity index (χ2v) is 5.89. The highest BCUT2D eigenvalue weighted by Gasteiger charge is 2.20. The first-order valence-corrected chi connectivity index (χ1v) is 7.54. The average Bonchev–Trinajstić information content (AvgIpc) is 3.06. The van der Waals surface area contributed by atoms with Crippen LogP contribution in [0, 0.1) is 0 Å². The van der Waals surface area contributed by atoms with E-state index in [2.05, 4.69) is 44.9 Å². The fourth-order valence-electron chi connectivity index (χ4n) is 2.58. The van der Waals surface area contributed by atoms with E-state index in [-0.39, 0.29) is 5.91 Å². The summed E-state index contributed by atoms with van der Waals surface area (Å²) in [5.74, 6) is 0.705. The number of aromatic nitrogens is 2. The van der Waals surface area contributed by atoms with Gasteiger partial charge in [0.05, 0.1) is 0 Å². The van der Waals surface area contributed by atoms with Crippen LogP contribution < -0.4 is 5.32 Å². The number of nitrogens with zero attached hydrogens (tertiary/aromatic N) is 1. The lowest BCUT2D eigenvalue weighted by molar-refractivity contribution is 0.0951. The van der Waals surface area contributed by atoms with Crippen LogP contribution in [0.4, 0.5) is 0 Å². The van der Waals surface area contributed by atoms with Crippen LogP contribution in [0.2, 0.25) is 0 Å². The Morgan fingerprint density at radius 3 is 3.15 bits per heavy atom. The van der Waals surface area contributed by atoms with E-state index in [0.29, 0.717) is 5.69 Å². The molecule has 0 radical (unpaired) electrons. The number of nitrogens with one attached hydrogen (secondary N) is 2. The van der Waals surface area contributed by atoms with Gasteiger partial charge in [-0.15, -0.1) is 11.3 Å². The fourth-order valence-corrected chi connectivity index (χ4v) is 3.35. The van der Waals surface area contributed by atoms with Crippen molar-refractivity contribution in [2.24, 2.45) is 0 Å². The van der Waals surface area contributed by atoms with Crippen LogP contribution in [0.5, 0.6) is 0 Å². The zero-order valence-electron chi connectivity index (χ0n) is 10.8. The average molecular weight is 283 g/mol. The Labute approximate surface area is 119 Å². The molecule has 0 spiro atoms. The summed E-state index contributed by atoms with van der Waals surface area (Å²) in [4.78, 5) is 19.7. The topological polar surface area (TPSA) is 57.8 Å². The van der Waals surface area contributed by atoms with E-state index in [9.17, 15) is 4.79 Å². The van der Waals surface area contributed by atoms with Crippen molar-refractivity contribution in [2.75, 3.05) is 6.54 Å². The molecule has 0 saturated carbocycles.